The van der Waals surface area contributed by atoms with Crippen LogP contribution < -0.4 is 10.1 Å². The van der Waals surface area contributed by atoms with Crippen molar-refractivity contribution in [1.82, 2.24) is 4.31 Å². The van der Waals surface area contributed by atoms with Gasteiger partial charge in [-0.15, -0.1) is 0 Å². The lowest BCUT2D eigenvalue weighted by molar-refractivity contribution is -0.122. The van der Waals surface area contributed by atoms with Crippen molar-refractivity contribution < 1.29 is 17.9 Å². The van der Waals surface area contributed by atoms with E-state index in [9.17, 15) is 13.2 Å². The molecule has 0 radical (unpaired) electrons. The normalized spacial score (nSPS) is 12.7. The van der Waals surface area contributed by atoms with Crippen LogP contribution in [0, 0.1) is 13.8 Å². The largest absolute Gasteiger partial charge is 0.481 e. The molecule has 0 aliphatic heterocycles. The molecule has 0 heterocycles. The summed E-state index contributed by atoms with van der Waals surface area (Å²) in [5, 5.41) is 2.75. The molecule has 0 fully saturated rings. The third kappa shape index (κ3) is 4.62. The number of hydrogen-bond donors (Lipinski definition) is 1. The quantitative estimate of drug-likeness (QED) is 0.841. The summed E-state index contributed by atoms with van der Waals surface area (Å²) in [6.07, 6.45) is -0.731. The first-order valence-corrected chi connectivity index (χ1v) is 9.62. The summed E-state index contributed by atoms with van der Waals surface area (Å²) in [6.45, 7) is 5.39. The smallest absolute Gasteiger partial charge is 0.265 e. The van der Waals surface area contributed by atoms with Crippen LogP contribution in [0.3, 0.4) is 0 Å². The first-order chi connectivity index (χ1) is 12.1. The van der Waals surface area contributed by atoms with Gasteiger partial charge in [-0.05, 0) is 56.2 Å². The highest BCUT2D eigenvalue weighted by Gasteiger charge is 2.20. The predicted molar refractivity (Wildman–Crippen MR) is 102 cm³/mol. The highest BCUT2D eigenvalue weighted by Crippen LogP contribution is 2.22. The molecular formula is C19H24N2O4S. The monoisotopic (exact) mass is 376 g/mol. The van der Waals surface area contributed by atoms with Gasteiger partial charge in [0.05, 0.1) is 4.90 Å². The molecule has 0 saturated heterocycles. The van der Waals surface area contributed by atoms with Gasteiger partial charge in [-0.1, -0.05) is 18.2 Å². The molecule has 0 aliphatic rings. The molecule has 0 saturated carbocycles. The molecule has 0 spiro atoms. The number of ether oxygens (including phenoxy) is 1. The second kappa shape index (κ2) is 7.88. The van der Waals surface area contributed by atoms with Gasteiger partial charge in [0.2, 0.25) is 10.0 Å². The van der Waals surface area contributed by atoms with Crippen LogP contribution in [0.5, 0.6) is 5.75 Å². The summed E-state index contributed by atoms with van der Waals surface area (Å²) in [7, 11) is -0.648. The number of rotatable bonds is 6. The Morgan fingerprint density at radius 3 is 2.42 bits per heavy atom. The minimum absolute atomic E-state index is 0.121. The summed E-state index contributed by atoms with van der Waals surface area (Å²) in [4.78, 5) is 12.6. The van der Waals surface area contributed by atoms with Gasteiger partial charge < -0.3 is 10.1 Å². The fourth-order valence-electron chi connectivity index (χ4n) is 2.29. The zero-order chi connectivity index (χ0) is 19.5. The van der Waals surface area contributed by atoms with Crippen LogP contribution in [0.25, 0.3) is 0 Å². The number of nitrogens with one attached hydrogen (secondary N) is 1. The number of sulfonamides is 1. The van der Waals surface area contributed by atoms with Gasteiger partial charge in [0.1, 0.15) is 5.75 Å². The van der Waals surface area contributed by atoms with Gasteiger partial charge in [0.25, 0.3) is 5.91 Å². The Morgan fingerprint density at radius 1 is 1.12 bits per heavy atom. The minimum atomic E-state index is -3.57. The van der Waals surface area contributed by atoms with Gasteiger partial charge in [-0.25, -0.2) is 12.7 Å². The highest BCUT2D eigenvalue weighted by atomic mass is 32.2. The number of anilines is 1. The summed E-state index contributed by atoms with van der Waals surface area (Å²) < 4.78 is 31.4. The first kappa shape index (κ1) is 19.9. The fraction of sp³-hybridized carbons (Fsp3) is 0.316. The number of aryl methyl sites for hydroxylation is 2. The number of carbonyl (C=O) groups is 1. The lowest BCUT2D eigenvalue weighted by Crippen LogP contribution is -2.30. The Balaban J connectivity index is 2.18. The summed E-state index contributed by atoms with van der Waals surface area (Å²) in [5.74, 6) is 0.252. The van der Waals surface area contributed by atoms with Gasteiger partial charge in [-0.3, -0.25) is 4.79 Å². The van der Waals surface area contributed by atoms with E-state index in [-0.39, 0.29) is 10.8 Å². The van der Waals surface area contributed by atoms with Crippen LogP contribution in [0.4, 0.5) is 5.69 Å². The Hall–Kier alpha value is -2.38. The summed E-state index contributed by atoms with van der Waals surface area (Å²) in [5.41, 5.74) is 2.24. The first-order valence-electron chi connectivity index (χ1n) is 8.18. The van der Waals surface area contributed by atoms with E-state index in [0.717, 1.165) is 15.4 Å². The molecule has 0 aliphatic carbocycles. The van der Waals surface area contributed by atoms with Gasteiger partial charge in [0.15, 0.2) is 6.10 Å². The summed E-state index contributed by atoms with van der Waals surface area (Å²) >= 11 is 0. The lowest BCUT2D eigenvalue weighted by Gasteiger charge is -2.17. The molecule has 1 N–H and O–H groups in total. The van der Waals surface area contributed by atoms with E-state index in [4.69, 9.17) is 4.74 Å². The third-order valence-electron chi connectivity index (χ3n) is 3.92. The SMILES string of the molecule is Cc1cccc(OC(C)C(=O)Nc2cc(S(=O)(=O)N(C)C)ccc2C)c1. The second-order valence-electron chi connectivity index (χ2n) is 6.33. The van der Waals surface area contributed by atoms with Crippen LogP contribution >= 0.6 is 0 Å². The molecular weight excluding hydrogens is 352 g/mol. The standard InChI is InChI=1S/C19H24N2O4S/c1-13-7-6-8-16(11-13)25-15(3)19(22)20-18-12-17(10-9-14(18)2)26(23,24)21(4)5/h6-12,15H,1-5H3,(H,20,22). The van der Waals surface area contributed by atoms with E-state index < -0.39 is 16.1 Å². The van der Waals surface area contributed by atoms with E-state index in [1.807, 2.05) is 25.1 Å². The van der Waals surface area contributed by atoms with E-state index >= 15 is 0 Å². The van der Waals surface area contributed by atoms with Crippen molar-refractivity contribution in [1.29, 1.82) is 0 Å². The molecule has 1 unspecified atom stereocenters. The van der Waals surface area contributed by atoms with Crippen molar-refractivity contribution in [3.63, 3.8) is 0 Å². The summed E-state index contributed by atoms with van der Waals surface area (Å²) in [6, 6.07) is 12.1. The van der Waals surface area contributed by atoms with Gasteiger partial charge >= 0.3 is 0 Å². The van der Waals surface area contributed by atoms with E-state index in [1.165, 1.54) is 26.2 Å². The molecule has 7 heteroatoms. The van der Waals surface area contributed by atoms with Crippen molar-refractivity contribution in [3.05, 3.63) is 53.6 Å². The molecule has 0 bridgehead atoms. The molecule has 6 nitrogen and oxygen atoms in total. The van der Waals surface area contributed by atoms with Crippen molar-refractivity contribution in [2.75, 3.05) is 19.4 Å². The number of benzene rings is 2. The Kier molecular flexibility index (Phi) is 6.05. The van der Waals surface area contributed by atoms with Gasteiger partial charge in [-0.2, -0.15) is 0 Å². The van der Waals surface area contributed by atoms with Crippen molar-refractivity contribution in [2.45, 2.75) is 31.8 Å². The molecule has 0 aromatic heterocycles. The third-order valence-corrected chi connectivity index (χ3v) is 5.73. The van der Waals surface area contributed by atoms with E-state index in [2.05, 4.69) is 5.32 Å². The number of amides is 1. The Labute approximate surface area is 154 Å². The Morgan fingerprint density at radius 2 is 1.81 bits per heavy atom. The number of carbonyl (C=O) groups excluding carboxylic acids is 1. The number of hydrogen-bond acceptors (Lipinski definition) is 4. The average Bonchev–Trinajstić information content (AvgIpc) is 2.56. The minimum Gasteiger partial charge on any atom is -0.481 e. The maximum absolute atomic E-state index is 12.5. The predicted octanol–water partition coefficient (Wildman–Crippen LogP) is 2.96. The van der Waals surface area contributed by atoms with Crippen LogP contribution in [0.2, 0.25) is 0 Å². The molecule has 26 heavy (non-hydrogen) atoms. The van der Waals surface area contributed by atoms with E-state index in [0.29, 0.717) is 11.4 Å². The maximum Gasteiger partial charge on any atom is 0.265 e. The van der Waals surface area contributed by atoms with Crippen LogP contribution in [0.1, 0.15) is 18.1 Å². The van der Waals surface area contributed by atoms with E-state index in [1.54, 1.807) is 26.0 Å². The molecule has 1 atom stereocenters. The molecule has 2 aromatic carbocycles. The molecule has 2 aromatic rings. The zero-order valence-electron chi connectivity index (χ0n) is 15.6. The zero-order valence-corrected chi connectivity index (χ0v) is 16.4. The molecule has 2 rings (SSSR count). The van der Waals surface area contributed by atoms with Crippen molar-refractivity contribution in [2.24, 2.45) is 0 Å². The Bertz CT molecular complexity index is 908. The maximum atomic E-state index is 12.5. The van der Waals surface area contributed by atoms with Crippen LogP contribution in [-0.2, 0) is 14.8 Å². The lowest BCUT2D eigenvalue weighted by atomic mass is 10.2. The topological polar surface area (TPSA) is 75.7 Å². The van der Waals surface area contributed by atoms with Crippen molar-refractivity contribution >= 4 is 21.6 Å². The average molecular weight is 376 g/mol. The second-order valence-corrected chi connectivity index (χ2v) is 8.48. The van der Waals surface area contributed by atoms with Gasteiger partial charge in [0, 0.05) is 19.8 Å². The molecule has 140 valence electrons. The fourth-order valence-corrected chi connectivity index (χ4v) is 3.22. The number of nitrogens with zero attached hydrogens (tertiary/aromatic N) is 1. The van der Waals surface area contributed by atoms with Crippen LogP contribution in [-0.4, -0.2) is 38.8 Å². The molecule has 1 amide bonds. The van der Waals surface area contributed by atoms with Crippen LogP contribution in [0.15, 0.2) is 47.4 Å². The highest BCUT2D eigenvalue weighted by molar-refractivity contribution is 7.89. The van der Waals surface area contributed by atoms with Crippen molar-refractivity contribution in [3.8, 4) is 5.75 Å².